The summed E-state index contributed by atoms with van der Waals surface area (Å²) in [7, 11) is 0. The van der Waals surface area contributed by atoms with Gasteiger partial charge in [-0.15, -0.1) is 0 Å². The predicted molar refractivity (Wildman–Crippen MR) is 73.6 cm³/mol. The molecule has 0 aliphatic heterocycles. The standard InChI is InChI=1S/C15H10N2O2/c16-9-5-6-12-14(7-9)19-15(17-12)11-8-18-13-4-2-1-3-10(11)13/h1-8H,16H2. The lowest BCUT2D eigenvalue weighted by Gasteiger charge is -1.90. The molecule has 0 radical (unpaired) electrons. The summed E-state index contributed by atoms with van der Waals surface area (Å²) in [5.74, 6) is 0.547. The van der Waals surface area contributed by atoms with Crippen LogP contribution in [0.1, 0.15) is 0 Å². The number of fused-ring (bicyclic) bond motifs is 2. The number of nitrogens with two attached hydrogens (primary N) is 1. The molecule has 4 heteroatoms. The van der Waals surface area contributed by atoms with Crippen molar-refractivity contribution < 1.29 is 8.83 Å². The predicted octanol–water partition coefficient (Wildman–Crippen LogP) is 3.82. The molecule has 4 aromatic rings. The molecule has 0 fully saturated rings. The van der Waals surface area contributed by atoms with Crippen LogP contribution in [0.25, 0.3) is 33.5 Å². The van der Waals surface area contributed by atoms with Gasteiger partial charge in [0.05, 0.1) is 5.56 Å². The first-order valence-electron chi connectivity index (χ1n) is 5.94. The summed E-state index contributed by atoms with van der Waals surface area (Å²) in [4.78, 5) is 4.46. The summed E-state index contributed by atoms with van der Waals surface area (Å²) in [5, 5.41) is 0.988. The Balaban J connectivity index is 1.99. The highest BCUT2D eigenvalue weighted by molar-refractivity contribution is 5.93. The molecule has 2 aromatic carbocycles. The first-order chi connectivity index (χ1) is 9.31. The Morgan fingerprint density at radius 3 is 2.84 bits per heavy atom. The molecule has 92 valence electrons. The van der Waals surface area contributed by atoms with E-state index in [1.807, 2.05) is 36.4 Å². The fourth-order valence-electron chi connectivity index (χ4n) is 2.20. The zero-order valence-corrected chi connectivity index (χ0v) is 9.96. The number of nitrogen functional groups attached to an aromatic ring is 1. The fourth-order valence-corrected chi connectivity index (χ4v) is 2.20. The number of oxazole rings is 1. The van der Waals surface area contributed by atoms with Crippen molar-refractivity contribution in [2.24, 2.45) is 0 Å². The van der Waals surface area contributed by atoms with Crippen LogP contribution in [-0.4, -0.2) is 4.98 Å². The number of furan rings is 1. The van der Waals surface area contributed by atoms with E-state index in [1.54, 1.807) is 12.3 Å². The van der Waals surface area contributed by atoms with E-state index in [4.69, 9.17) is 14.6 Å². The van der Waals surface area contributed by atoms with E-state index in [0.717, 1.165) is 22.0 Å². The highest BCUT2D eigenvalue weighted by Gasteiger charge is 2.13. The smallest absolute Gasteiger partial charge is 0.231 e. The minimum atomic E-state index is 0.547. The second-order valence-electron chi connectivity index (χ2n) is 4.39. The summed E-state index contributed by atoms with van der Waals surface area (Å²) in [6.07, 6.45) is 1.67. The van der Waals surface area contributed by atoms with Gasteiger partial charge in [0.25, 0.3) is 0 Å². The summed E-state index contributed by atoms with van der Waals surface area (Å²) in [6, 6.07) is 13.2. The molecule has 0 saturated heterocycles. The van der Waals surface area contributed by atoms with Crippen molar-refractivity contribution in [1.82, 2.24) is 4.98 Å². The van der Waals surface area contributed by atoms with Crippen LogP contribution in [-0.2, 0) is 0 Å². The fraction of sp³-hybridized carbons (Fsp3) is 0. The van der Waals surface area contributed by atoms with Gasteiger partial charge in [-0.3, -0.25) is 0 Å². The summed E-state index contributed by atoms with van der Waals surface area (Å²) in [6.45, 7) is 0. The second kappa shape index (κ2) is 3.62. The molecule has 2 heterocycles. The molecule has 0 unspecified atom stereocenters. The lowest BCUT2D eigenvalue weighted by atomic mass is 10.2. The maximum Gasteiger partial charge on any atom is 0.231 e. The monoisotopic (exact) mass is 250 g/mol. The molecule has 0 atom stereocenters. The van der Waals surface area contributed by atoms with E-state index in [2.05, 4.69) is 4.98 Å². The third kappa shape index (κ3) is 1.50. The Labute approximate surface area is 108 Å². The number of hydrogen-bond donors (Lipinski definition) is 1. The maximum absolute atomic E-state index is 5.75. The molecule has 2 N–H and O–H groups in total. The summed E-state index contributed by atoms with van der Waals surface area (Å²) < 4.78 is 11.2. The molecule has 0 amide bonds. The van der Waals surface area contributed by atoms with Gasteiger partial charge < -0.3 is 14.6 Å². The van der Waals surface area contributed by atoms with Gasteiger partial charge in [0.1, 0.15) is 17.4 Å². The van der Waals surface area contributed by atoms with E-state index in [0.29, 0.717) is 17.2 Å². The second-order valence-corrected chi connectivity index (χ2v) is 4.39. The summed E-state index contributed by atoms with van der Waals surface area (Å²) in [5.41, 5.74) is 9.53. The first-order valence-corrected chi connectivity index (χ1v) is 5.94. The topological polar surface area (TPSA) is 65.2 Å². The quantitative estimate of drug-likeness (QED) is 0.521. The molecular weight excluding hydrogens is 240 g/mol. The average Bonchev–Trinajstić information content (AvgIpc) is 3.00. The van der Waals surface area contributed by atoms with Gasteiger partial charge in [-0.25, -0.2) is 4.98 Å². The Kier molecular flexibility index (Phi) is 1.94. The van der Waals surface area contributed by atoms with Gasteiger partial charge >= 0.3 is 0 Å². The number of anilines is 1. The Morgan fingerprint density at radius 2 is 1.89 bits per heavy atom. The normalized spacial score (nSPS) is 11.4. The van der Waals surface area contributed by atoms with Crippen LogP contribution in [0, 0.1) is 0 Å². The van der Waals surface area contributed by atoms with Crippen molar-refractivity contribution in [3.63, 3.8) is 0 Å². The largest absolute Gasteiger partial charge is 0.463 e. The third-order valence-electron chi connectivity index (χ3n) is 3.12. The molecule has 2 aromatic heterocycles. The number of rotatable bonds is 1. The molecular formula is C15H10N2O2. The molecule has 0 bridgehead atoms. The molecule has 0 spiro atoms. The van der Waals surface area contributed by atoms with Gasteiger partial charge in [-0.05, 0) is 18.2 Å². The Bertz CT molecular complexity index is 889. The minimum Gasteiger partial charge on any atom is -0.463 e. The molecule has 19 heavy (non-hydrogen) atoms. The lowest BCUT2D eigenvalue weighted by Crippen LogP contribution is -1.81. The van der Waals surface area contributed by atoms with E-state index in [1.165, 1.54) is 0 Å². The molecule has 0 aliphatic carbocycles. The van der Waals surface area contributed by atoms with Gasteiger partial charge in [0.15, 0.2) is 5.58 Å². The van der Waals surface area contributed by atoms with Crippen LogP contribution in [0.5, 0.6) is 0 Å². The van der Waals surface area contributed by atoms with Crippen molar-refractivity contribution in [2.45, 2.75) is 0 Å². The van der Waals surface area contributed by atoms with Gasteiger partial charge in [-0.1, -0.05) is 18.2 Å². The van der Waals surface area contributed by atoms with Crippen LogP contribution in [0.15, 0.2) is 57.6 Å². The Hall–Kier alpha value is -2.75. The highest BCUT2D eigenvalue weighted by Crippen LogP contribution is 2.32. The van der Waals surface area contributed by atoms with Crippen molar-refractivity contribution in [1.29, 1.82) is 0 Å². The maximum atomic E-state index is 5.75. The van der Waals surface area contributed by atoms with Crippen LogP contribution in [0.4, 0.5) is 5.69 Å². The highest BCUT2D eigenvalue weighted by atomic mass is 16.4. The van der Waals surface area contributed by atoms with E-state index in [-0.39, 0.29) is 0 Å². The summed E-state index contributed by atoms with van der Waals surface area (Å²) >= 11 is 0. The number of aromatic nitrogens is 1. The number of hydrogen-bond acceptors (Lipinski definition) is 4. The van der Waals surface area contributed by atoms with Crippen LogP contribution >= 0.6 is 0 Å². The SMILES string of the molecule is Nc1ccc2nc(-c3coc4ccccc34)oc2c1. The Morgan fingerprint density at radius 1 is 1.00 bits per heavy atom. The van der Waals surface area contributed by atoms with Crippen LogP contribution < -0.4 is 5.73 Å². The van der Waals surface area contributed by atoms with E-state index < -0.39 is 0 Å². The van der Waals surface area contributed by atoms with Gasteiger partial charge in [0.2, 0.25) is 5.89 Å². The molecule has 0 saturated carbocycles. The number of benzene rings is 2. The minimum absolute atomic E-state index is 0.547. The van der Waals surface area contributed by atoms with Crippen LogP contribution in [0.3, 0.4) is 0 Å². The van der Waals surface area contributed by atoms with Gasteiger partial charge in [0, 0.05) is 17.1 Å². The lowest BCUT2D eigenvalue weighted by molar-refractivity contribution is 0.601. The van der Waals surface area contributed by atoms with Crippen molar-refractivity contribution in [3.05, 3.63) is 48.7 Å². The van der Waals surface area contributed by atoms with Crippen molar-refractivity contribution in [2.75, 3.05) is 5.73 Å². The average molecular weight is 250 g/mol. The molecule has 0 aliphatic rings. The van der Waals surface area contributed by atoms with E-state index >= 15 is 0 Å². The number of nitrogens with zero attached hydrogens (tertiary/aromatic N) is 1. The van der Waals surface area contributed by atoms with Crippen LogP contribution in [0.2, 0.25) is 0 Å². The van der Waals surface area contributed by atoms with Crippen molar-refractivity contribution >= 4 is 27.8 Å². The molecule has 4 nitrogen and oxygen atoms in total. The zero-order chi connectivity index (χ0) is 12.8. The van der Waals surface area contributed by atoms with Gasteiger partial charge in [-0.2, -0.15) is 0 Å². The molecule has 4 rings (SSSR count). The first kappa shape index (κ1) is 10.2. The number of para-hydroxylation sites is 1. The van der Waals surface area contributed by atoms with E-state index in [9.17, 15) is 0 Å². The van der Waals surface area contributed by atoms with Crippen molar-refractivity contribution in [3.8, 4) is 11.5 Å². The zero-order valence-electron chi connectivity index (χ0n) is 9.96. The third-order valence-corrected chi connectivity index (χ3v) is 3.12.